The Kier molecular flexibility index (Phi) is 23.1. The van der Waals surface area contributed by atoms with Crippen molar-refractivity contribution in [3.63, 3.8) is 0 Å². The first kappa shape index (κ1) is 70.6. The average Bonchev–Trinajstić information content (AvgIpc) is 1.38. The Hall–Kier alpha value is -4.48. The van der Waals surface area contributed by atoms with Gasteiger partial charge in [-0.15, -0.1) is 0 Å². The van der Waals surface area contributed by atoms with Crippen molar-refractivity contribution in [3.05, 3.63) is 46.5 Å². The molecule has 2 amide bonds. The molecule has 0 bridgehead atoms. The van der Waals surface area contributed by atoms with Gasteiger partial charge in [-0.05, 0) is 371 Å². The number of aldehydes is 6. The van der Waals surface area contributed by atoms with Gasteiger partial charge in [0.2, 0.25) is 6.10 Å². The smallest absolute Gasteiger partial charge is 0.284 e. The van der Waals surface area contributed by atoms with Crippen molar-refractivity contribution in [1.82, 2.24) is 0 Å². The van der Waals surface area contributed by atoms with Gasteiger partial charge in [0.15, 0.2) is 18.3 Å². The molecule has 16 aliphatic carbocycles. The van der Waals surface area contributed by atoms with Crippen LogP contribution >= 0.6 is 0 Å². The molecule has 18 rings (SSSR count). The molecule has 0 aromatic rings. The number of hydrogen-bond donors (Lipinski definition) is 2. The third kappa shape index (κ3) is 14.5. The van der Waals surface area contributed by atoms with Crippen LogP contribution in [0.1, 0.15) is 257 Å². The molecule has 29 atom stereocenters. The molecule has 4 N–H and O–H groups in total. The van der Waals surface area contributed by atoms with E-state index in [9.17, 15) is 38.4 Å². The number of ether oxygens (including phenoxy) is 2. The Morgan fingerprint density at radius 3 is 0.918 bits per heavy atom. The van der Waals surface area contributed by atoms with Gasteiger partial charge in [0.1, 0.15) is 31.8 Å². The minimum absolute atomic E-state index is 0.0173. The normalized spacial score (nSPS) is 45.7. The standard InChI is InChI=1S/4C18H28O.C14H12N2O6/c4*19-11-12-4-7-16-14(10-12)6-9-17-15-3-1-2-13(15)5-8-18(16)17;15-13(19)11-9(5-17)7(1-3-21-11)8-2-4-22-12(14(16)20)10(8)6-18/h4*11-18H,1-10H2;1-3,5-6,11H,4H2,(H2,15,19)(H2,16,20)/t12?,13-,14?,15+,16-,17-,18+;;;;/m0..../s1. The summed E-state index contributed by atoms with van der Waals surface area (Å²) in [4.78, 5) is 89.5. The highest BCUT2D eigenvalue weighted by Crippen LogP contribution is 2.63. The molecule has 24 unspecified atom stereocenters. The van der Waals surface area contributed by atoms with Crippen molar-refractivity contribution >= 4 is 49.5 Å². The highest BCUT2D eigenvalue weighted by molar-refractivity contribution is 6.01. The topological polar surface area (TPSA) is 207 Å². The number of fused-ring (bicyclic) bond motifs is 20. The quantitative estimate of drug-likeness (QED) is 0.209. The second kappa shape index (κ2) is 32.0. The van der Waals surface area contributed by atoms with Crippen LogP contribution < -0.4 is 11.5 Å². The number of nitrogens with two attached hydrogens (primary N) is 2. The van der Waals surface area contributed by atoms with Crippen molar-refractivity contribution < 1.29 is 47.8 Å². The molecule has 0 aromatic heterocycles. The van der Waals surface area contributed by atoms with Crippen LogP contribution in [-0.4, -0.2) is 62.2 Å². The maximum Gasteiger partial charge on any atom is 0.284 e. The third-order valence-electron chi connectivity index (χ3n) is 32.6. The third-order valence-corrected chi connectivity index (χ3v) is 32.6. The monoisotopic (exact) mass is 1340 g/mol. The maximum absolute atomic E-state index is 11.3. The lowest BCUT2D eigenvalue weighted by atomic mass is 9.53. The van der Waals surface area contributed by atoms with Crippen LogP contribution in [0.5, 0.6) is 0 Å². The lowest BCUT2D eigenvalue weighted by Crippen LogP contribution is -2.44. The number of allylic oxidation sites excluding steroid dienone is 4. The summed E-state index contributed by atoms with van der Waals surface area (Å²) in [5.74, 6) is 24.5. The molecule has 538 valence electrons. The summed E-state index contributed by atoms with van der Waals surface area (Å²) in [6, 6.07) is 0. The fraction of sp³-hybridized carbons (Fsp3) is 0.814. The highest BCUT2D eigenvalue weighted by atomic mass is 16.5. The lowest BCUT2D eigenvalue weighted by Gasteiger charge is -2.52. The minimum atomic E-state index is -1.27. The number of carbonyl (C=O) groups is 8. The molecule has 12 heteroatoms. The molecular formula is C86H124N2O10. The lowest BCUT2D eigenvalue weighted by molar-refractivity contribution is -0.126. The van der Waals surface area contributed by atoms with Crippen molar-refractivity contribution in [2.75, 3.05) is 6.61 Å². The highest BCUT2D eigenvalue weighted by Gasteiger charge is 2.54. The molecule has 0 saturated heterocycles. The number of rotatable bonds is 9. The summed E-state index contributed by atoms with van der Waals surface area (Å²) in [5, 5.41) is 0. The predicted octanol–water partition coefficient (Wildman–Crippen LogP) is 16.6. The minimum Gasteiger partial charge on any atom is -0.483 e. The molecule has 18 aliphatic rings. The number of carbonyl (C=O) groups excluding carboxylic acids is 8. The van der Waals surface area contributed by atoms with Crippen molar-refractivity contribution in [1.29, 1.82) is 0 Å². The average molecular weight is 1350 g/mol. The van der Waals surface area contributed by atoms with E-state index in [4.69, 9.17) is 20.9 Å². The van der Waals surface area contributed by atoms with Crippen molar-refractivity contribution in [3.8, 4) is 0 Å². The van der Waals surface area contributed by atoms with Crippen LogP contribution in [0.3, 0.4) is 0 Å². The van der Waals surface area contributed by atoms with Gasteiger partial charge in [-0.3, -0.25) is 19.2 Å². The van der Waals surface area contributed by atoms with Gasteiger partial charge >= 0.3 is 0 Å². The summed E-state index contributed by atoms with van der Waals surface area (Å²) in [6.45, 7) is -0.0173. The van der Waals surface area contributed by atoms with Crippen LogP contribution in [0.2, 0.25) is 0 Å². The van der Waals surface area contributed by atoms with E-state index in [1.54, 1.807) is 25.7 Å². The molecule has 98 heavy (non-hydrogen) atoms. The summed E-state index contributed by atoms with van der Waals surface area (Å²) in [7, 11) is 0. The van der Waals surface area contributed by atoms with Gasteiger partial charge in [-0.2, -0.15) is 0 Å². The van der Waals surface area contributed by atoms with Crippen LogP contribution in [0, 0.1) is 166 Å². The molecule has 12 nitrogen and oxygen atoms in total. The van der Waals surface area contributed by atoms with Crippen LogP contribution in [0.25, 0.3) is 0 Å². The predicted molar refractivity (Wildman–Crippen MR) is 379 cm³/mol. The Morgan fingerprint density at radius 1 is 0.347 bits per heavy atom. The van der Waals surface area contributed by atoms with Crippen molar-refractivity contribution in [2.24, 2.45) is 177 Å². The van der Waals surface area contributed by atoms with Crippen LogP contribution in [-0.2, 0) is 47.8 Å². The zero-order valence-electron chi connectivity index (χ0n) is 59.7. The van der Waals surface area contributed by atoms with E-state index in [1.165, 1.54) is 275 Å². The van der Waals surface area contributed by atoms with E-state index < -0.39 is 17.9 Å². The van der Waals surface area contributed by atoms with Gasteiger partial charge < -0.3 is 40.1 Å². The maximum atomic E-state index is 11.3. The second-order valence-electron chi connectivity index (χ2n) is 36.2. The molecule has 16 fully saturated rings. The Bertz CT molecular complexity index is 2710. The molecule has 2 aliphatic heterocycles. The molecule has 16 saturated carbocycles. The fourth-order valence-electron chi connectivity index (χ4n) is 28.7. The zero-order chi connectivity index (χ0) is 67.6. The Morgan fingerprint density at radius 2 is 0.643 bits per heavy atom. The van der Waals surface area contributed by atoms with E-state index in [-0.39, 0.29) is 34.7 Å². The Labute approximate surface area is 587 Å². The van der Waals surface area contributed by atoms with Gasteiger partial charge in [0, 0.05) is 29.2 Å². The summed E-state index contributed by atoms with van der Waals surface area (Å²) < 4.78 is 10.1. The fourth-order valence-corrected chi connectivity index (χ4v) is 28.7. The van der Waals surface area contributed by atoms with Gasteiger partial charge in [-0.25, -0.2) is 0 Å². The van der Waals surface area contributed by atoms with E-state index in [1.807, 2.05) is 0 Å². The molecule has 2 heterocycles. The largest absolute Gasteiger partial charge is 0.483 e. The van der Waals surface area contributed by atoms with Gasteiger partial charge in [0.05, 0.1) is 11.8 Å². The molecule has 0 aromatic carbocycles. The summed E-state index contributed by atoms with van der Waals surface area (Å²) in [5.41, 5.74) is 10.7. The van der Waals surface area contributed by atoms with E-state index >= 15 is 0 Å². The van der Waals surface area contributed by atoms with E-state index in [0.29, 0.717) is 36.2 Å². The molecule has 0 spiro atoms. The first-order valence-electron chi connectivity index (χ1n) is 41.4. The van der Waals surface area contributed by atoms with E-state index in [0.717, 1.165) is 142 Å². The number of primary amides is 2. The molecule has 0 radical (unpaired) electrons. The van der Waals surface area contributed by atoms with Gasteiger partial charge in [-0.1, -0.05) is 51.4 Å². The first-order valence-corrected chi connectivity index (χ1v) is 41.4. The SMILES string of the molecule is NC(=O)C1=C(C=O)C(C2=C(C=O)C(C(N)=O)OC=C2)=CCO1.O=CC1CCC2C(CCC3C4CCCC4CCC23)C1.O=CC1CCC2C(CCC3C4CCCC4CCC23)C1.O=CC1CCC2C(CCC3C4CCCC4CCC23)C1.O=CC1CC[C@H]2C(CC[C@H]3[C@@H]4CCC[C@H]4CC[C@@H]32)C1. The van der Waals surface area contributed by atoms with E-state index in [2.05, 4.69) is 0 Å². The van der Waals surface area contributed by atoms with Crippen molar-refractivity contribution in [2.45, 2.75) is 263 Å². The van der Waals surface area contributed by atoms with Crippen LogP contribution in [0.4, 0.5) is 0 Å². The second-order valence-corrected chi connectivity index (χ2v) is 36.2. The summed E-state index contributed by atoms with van der Waals surface area (Å²) in [6.07, 6.45) is 66.1. The zero-order valence-corrected chi connectivity index (χ0v) is 59.7. The first-order chi connectivity index (χ1) is 48.0. The Balaban J connectivity index is 0.000000105. The summed E-state index contributed by atoms with van der Waals surface area (Å²) >= 11 is 0. The van der Waals surface area contributed by atoms with Crippen LogP contribution in [0.15, 0.2) is 46.5 Å². The van der Waals surface area contributed by atoms with Gasteiger partial charge in [0.25, 0.3) is 11.8 Å². The number of hydrogen-bond acceptors (Lipinski definition) is 10. The number of amides is 2. The molecular weight excluding hydrogens is 1220 g/mol.